The zero-order valence-electron chi connectivity index (χ0n) is 10.4. The molecule has 0 amide bonds. The van der Waals surface area contributed by atoms with Crippen LogP contribution in [0.4, 0.5) is 0 Å². The summed E-state index contributed by atoms with van der Waals surface area (Å²) in [5.41, 5.74) is 2.40. The van der Waals surface area contributed by atoms with Crippen molar-refractivity contribution in [2.24, 2.45) is 5.16 Å². The number of benzene rings is 2. The summed E-state index contributed by atoms with van der Waals surface area (Å²) in [6.07, 6.45) is 0. The average Bonchev–Trinajstić information content (AvgIpc) is 2.46. The van der Waals surface area contributed by atoms with Crippen LogP contribution in [0.25, 0.3) is 0 Å². The molecule has 2 aromatic carbocycles. The van der Waals surface area contributed by atoms with Gasteiger partial charge in [-0.2, -0.15) is 0 Å². The minimum Gasteiger partial charge on any atom is -0.398 e. The van der Waals surface area contributed by atoms with E-state index in [1.165, 1.54) is 7.11 Å². The molecule has 0 radical (unpaired) electrons. The van der Waals surface area contributed by atoms with E-state index >= 15 is 0 Å². The molecule has 0 heterocycles. The maximum Gasteiger partial charge on any atom is 0.160 e. The fourth-order valence-electron chi connectivity index (χ4n) is 1.50. The molecule has 0 aliphatic carbocycles. The van der Waals surface area contributed by atoms with Crippen molar-refractivity contribution in [3.8, 4) is 11.8 Å². The van der Waals surface area contributed by atoms with Gasteiger partial charge >= 0.3 is 0 Å². The third kappa shape index (κ3) is 3.87. The maximum atomic E-state index is 5.83. The molecular formula is C16H12ClNO. The second-order valence-corrected chi connectivity index (χ2v) is 4.18. The lowest BCUT2D eigenvalue weighted by Gasteiger charge is -1.97. The standard InChI is InChI=1S/C16H12ClNO/c1-19-18-16(14-5-3-2-4-6-14)12-9-13-7-10-15(17)11-8-13/h2-8,10-11H,1H3. The van der Waals surface area contributed by atoms with Crippen molar-refractivity contribution >= 4 is 17.3 Å². The van der Waals surface area contributed by atoms with Crippen molar-refractivity contribution in [1.29, 1.82) is 0 Å². The molecule has 0 saturated heterocycles. The maximum absolute atomic E-state index is 5.83. The fourth-order valence-corrected chi connectivity index (χ4v) is 1.63. The summed E-state index contributed by atoms with van der Waals surface area (Å²) < 4.78 is 0. The van der Waals surface area contributed by atoms with E-state index in [4.69, 9.17) is 16.4 Å². The summed E-state index contributed by atoms with van der Waals surface area (Å²) >= 11 is 5.83. The molecule has 94 valence electrons. The van der Waals surface area contributed by atoms with E-state index in [2.05, 4.69) is 17.0 Å². The van der Waals surface area contributed by atoms with Gasteiger partial charge in [0.1, 0.15) is 7.11 Å². The van der Waals surface area contributed by atoms with Gasteiger partial charge in [-0.15, -0.1) is 0 Å². The number of hydrogen-bond donors (Lipinski definition) is 0. The Morgan fingerprint density at radius 1 is 1.05 bits per heavy atom. The van der Waals surface area contributed by atoms with Gasteiger partial charge in [-0.1, -0.05) is 53.0 Å². The Balaban J connectivity index is 2.29. The van der Waals surface area contributed by atoms with Crippen LogP contribution < -0.4 is 0 Å². The highest BCUT2D eigenvalue weighted by Crippen LogP contribution is 2.08. The van der Waals surface area contributed by atoms with E-state index in [0.717, 1.165) is 11.1 Å². The van der Waals surface area contributed by atoms with Crippen LogP contribution in [0.1, 0.15) is 11.1 Å². The topological polar surface area (TPSA) is 21.6 Å². The summed E-state index contributed by atoms with van der Waals surface area (Å²) in [7, 11) is 1.51. The van der Waals surface area contributed by atoms with Crippen molar-refractivity contribution in [2.75, 3.05) is 7.11 Å². The van der Waals surface area contributed by atoms with Crippen LogP contribution in [0.3, 0.4) is 0 Å². The van der Waals surface area contributed by atoms with Crippen LogP contribution in [0.15, 0.2) is 59.8 Å². The van der Waals surface area contributed by atoms with Crippen LogP contribution in [-0.2, 0) is 4.84 Å². The monoisotopic (exact) mass is 269 g/mol. The van der Waals surface area contributed by atoms with Crippen molar-refractivity contribution in [3.05, 3.63) is 70.7 Å². The SMILES string of the molecule is CON=C(C#Cc1ccc(Cl)cc1)c1ccccc1. The Morgan fingerprint density at radius 2 is 1.74 bits per heavy atom. The lowest BCUT2D eigenvalue weighted by molar-refractivity contribution is 0.214. The highest BCUT2D eigenvalue weighted by atomic mass is 35.5. The molecule has 0 N–H and O–H groups in total. The van der Waals surface area contributed by atoms with E-state index < -0.39 is 0 Å². The summed E-state index contributed by atoms with van der Waals surface area (Å²) in [4.78, 5) is 4.83. The normalized spacial score (nSPS) is 10.5. The molecule has 0 bridgehead atoms. The van der Waals surface area contributed by atoms with Crippen LogP contribution in [0.2, 0.25) is 5.02 Å². The third-order valence-electron chi connectivity index (χ3n) is 2.40. The van der Waals surface area contributed by atoms with Crippen LogP contribution in [0.5, 0.6) is 0 Å². The Bertz CT molecular complexity index is 621. The number of oxime groups is 1. The van der Waals surface area contributed by atoms with Gasteiger partial charge in [-0.3, -0.25) is 0 Å². The van der Waals surface area contributed by atoms with Crippen molar-refractivity contribution in [3.63, 3.8) is 0 Å². The van der Waals surface area contributed by atoms with Gasteiger partial charge in [0, 0.05) is 16.1 Å². The molecule has 0 spiro atoms. The zero-order chi connectivity index (χ0) is 13.5. The van der Waals surface area contributed by atoms with E-state index in [1.54, 1.807) is 12.1 Å². The van der Waals surface area contributed by atoms with Crippen molar-refractivity contribution < 1.29 is 4.84 Å². The van der Waals surface area contributed by atoms with Crippen molar-refractivity contribution in [2.45, 2.75) is 0 Å². The van der Waals surface area contributed by atoms with Gasteiger partial charge in [-0.05, 0) is 30.2 Å². The first-order chi connectivity index (χ1) is 9.29. The first-order valence-electron chi connectivity index (χ1n) is 5.74. The molecule has 2 nitrogen and oxygen atoms in total. The Kier molecular flexibility index (Phi) is 4.60. The molecule has 0 aliphatic rings. The Morgan fingerprint density at radius 3 is 2.37 bits per heavy atom. The summed E-state index contributed by atoms with van der Waals surface area (Å²) in [5, 5.41) is 4.64. The second-order valence-electron chi connectivity index (χ2n) is 3.75. The van der Waals surface area contributed by atoms with Gasteiger partial charge in [-0.25, -0.2) is 0 Å². The summed E-state index contributed by atoms with van der Waals surface area (Å²) in [6.45, 7) is 0. The van der Waals surface area contributed by atoms with Crippen LogP contribution in [0, 0.1) is 11.8 Å². The number of hydrogen-bond acceptors (Lipinski definition) is 2. The first-order valence-corrected chi connectivity index (χ1v) is 6.11. The quantitative estimate of drug-likeness (QED) is 0.462. The molecule has 19 heavy (non-hydrogen) atoms. The van der Waals surface area contributed by atoms with Gasteiger partial charge in [0.25, 0.3) is 0 Å². The Labute approximate surface area is 117 Å². The molecule has 3 heteroatoms. The molecule has 2 aromatic rings. The molecule has 0 aliphatic heterocycles. The fraction of sp³-hybridized carbons (Fsp3) is 0.0625. The van der Waals surface area contributed by atoms with Crippen molar-refractivity contribution in [1.82, 2.24) is 0 Å². The predicted octanol–water partition coefficient (Wildman–Crippen LogP) is 3.74. The molecule has 0 aromatic heterocycles. The van der Waals surface area contributed by atoms with Crippen LogP contribution in [-0.4, -0.2) is 12.8 Å². The molecule has 0 unspecified atom stereocenters. The lowest BCUT2D eigenvalue weighted by atomic mass is 10.1. The van der Waals surface area contributed by atoms with Gasteiger partial charge < -0.3 is 4.84 Å². The predicted molar refractivity (Wildman–Crippen MR) is 78.3 cm³/mol. The molecule has 0 saturated carbocycles. The highest BCUT2D eigenvalue weighted by Gasteiger charge is 1.99. The zero-order valence-corrected chi connectivity index (χ0v) is 11.2. The average molecular weight is 270 g/mol. The van der Waals surface area contributed by atoms with Gasteiger partial charge in [0.2, 0.25) is 0 Å². The van der Waals surface area contributed by atoms with E-state index in [9.17, 15) is 0 Å². The summed E-state index contributed by atoms with van der Waals surface area (Å²) in [6, 6.07) is 17.0. The number of nitrogens with zero attached hydrogens (tertiary/aromatic N) is 1. The summed E-state index contributed by atoms with van der Waals surface area (Å²) in [5.74, 6) is 6.04. The smallest absolute Gasteiger partial charge is 0.160 e. The van der Waals surface area contributed by atoms with E-state index in [-0.39, 0.29) is 0 Å². The highest BCUT2D eigenvalue weighted by molar-refractivity contribution is 6.30. The van der Waals surface area contributed by atoms with E-state index in [0.29, 0.717) is 10.7 Å². The first kappa shape index (κ1) is 13.2. The minimum absolute atomic E-state index is 0.595. The third-order valence-corrected chi connectivity index (χ3v) is 2.65. The Hall–Kier alpha value is -2.24. The van der Waals surface area contributed by atoms with Gasteiger partial charge in [0.15, 0.2) is 5.71 Å². The molecular weight excluding hydrogens is 258 g/mol. The number of halogens is 1. The van der Waals surface area contributed by atoms with Crippen LogP contribution >= 0.6 is 11.6 Å². The molecule has 0 atom stereocenters. The molecule has 0 fully saturated rings. The second kappa shape index (κ2) is 6.63. The number of rotatable bonds is 2. The largest absolute Gasteiger partial charge is 0.398 e. The molecule has 2 rings (SSSR count). The van der Waals surface area contributed by atoms with E-state index in [1.807, 2.05) is 42.5 Å². The lowest BCUT2D eigenvalue weighted by Crippen LogP contribution is -1.97. The van der Waals surface area contributed by atoms with Gasteiger partial charge in [0.05, 0.1) is 0 Å². The minimum atomic E-state index is 0.595.